The predicted octanol–water partition coefficient (Wildman–Crippen LogP) is 4.76. The summed E-state index contributed by atoms with van der Waals surface area (Å²) < 4.78 is 41.0. The van der Waals surface area contributed by atoms with E-state index in [1.54, 1.807) is 30.3 Å². The summed E-state index contributed by atoms with van der Waals surface area (Å²) in [5.41, 5.74) is -0.985. The van der Waals surface area contributed by atoms with Gasteiger partial charge in [0, 0.05) is 24.2 Å². The Labute approximate surface area is 192 Å². The van der Waals surface area contributed by atoms with E-state index in [9.17, 15) is 22.8 Å². The number of hydrogen-bond acceptors (Lipinski definition) is 4. The predicted molar refractivity (Wildman–Crippen MR) is 120 cm³/mol. The molecule has 0 bridgehead atoms. The van der Waals surface area contributed by atoms with Crippen molar-refractivity contribution in [2.45, 2.75) is 19.0 Å². The topological polar surface area (TPSA) is 67.2 Å². The van der Waals surface area contributed by atoms with Gasteiger partial charge in [0.2, 0.25) is 5.91 Å². The molecule has 1 aliphatic rings. The molecule has 33 heavy (non-hydrogen) atoms. The minimum Gasteiger partial charge on any atom is -0.354 e. The number of nitrogens with zero attached hydrogens (tertiary/aromatic N) is 3. The molecule has 1 fully saturated rings. The highest BCUT2D eigenvalue weighted by Crippen LogP contribution is 2.35. The second-order valence-electron chi connectivity index (χ2n) is 7.74. The second kappa shape index (κ2) is 9.27. The molecule has 1 N–H and O–H groups in total. The number of aromatic nitrogens is 2. The average molecular weight is 477 g/mol. The van der Waals surface area contributed by atoms with E-state index in [2.05, 4.69) is 10.4 Å². The highest BCUT2D eigenvalue weighted by atomic mass is 35.5. The minimum atomic E-state index is -4.57. The van der Waals surface area contributed by atoms with Gasteiger partial charge in [-0.1, -0.05) is 29.8 Å². The van der Waals surface area contributed by atoms with Gasteiger partial charge >= 0.3 is 6.18 Å². The fourth-order valence-corrected chi connectivity index (χ4v) is 4.02. The Bertz CT molecular complexity index is 1230. The Balaban J connectivity index is 1.53. The zero-order valence-corrected chi connectivity index (χ0v) is 18.1. The molecule has 0 aliphatic carbocycles. The lowest BCUT2D eigenvalue weighted by atomic mass is 9.96. The molecule has 1 aliphatic heterocycles. The lowest BCUT2D eigenvalue weighted by molar-refractivity contribution is -0.137. The Morgan fingerprint density at radius 2 is 1.88 bits per heavy atom. The van der Waals surface area contributed by atoms with Crippen LogP contribution in [0.2, 0.25) is 5.02 Å². The Kier molecular flexibility index (Phi) is 6.42. The molecule has 2 heterocycles. The van der Waals surface area contributed by atoms with Crippen molar-refractivity contribution >= 4 is 29.0 Å². The molecule has 2 aromatic carbocycles. The Hall–Kier alpha value is -3.33. The van der Waals surface area contributed by atoms with E-state index in [4.69, 9.17) is 11.6 Å². The molecule has 1 saturated heterocycles. The van der Waals surface area contributed by atoms with E-state index in [0.29, 0.717) is 35.9 Å². The van der Waals surface area contributed by atoms with Crippen molar-refractivity contribution in [1.29, 1.82) is 0 Å². The maximum Gasteiger partial charge on any atom is 0.418 e. The van der Waals surface area contributed by atoms with E-state index in [1.165, 1.54) is 28.9 Å². The molecule has 1 aromatic heterocycles. The van der Waals surface area contributed by atoms with Crippen LogP contribution in [0.4, 0.5) is 24.7 Å². The van der Waals surface area contributed by atoms with Crippen LogP contribution in [0.3, 0.4) is 0 Å². The number of carbonyl (C=O) groups is 1. The van der Waals surface area contributed by atoms with Crippen LogP contribution in [0.5, 0.6) is 0 Å². The van der Waals surface area contributed by atoms with Crippen molar-refractivity contribution in [1.82, 2.24) is 9.78 Å². The van der Waals surface area contributed by atoms with Gasteiger partial charge in [-0.05, 0) is 49.2 Å². The van der Waals surface area contributed by atoms with Gasteiger partial charge in [0.15, 0.2) is 0 Å². The van der Waals surface area contributed by atoms with Crippen LogP contribution in [0.15, 0.2) is 65.5 Å². The summed E-state index contributed by atoms with van der Waals surface area (Å²) in [4.78, 5) is 27.0. The van der Waals surface area contributed by atoms with Crippen molar-refractivity contribution in [2.24, 2.45) is 5.92 Å². The van der Waals surface area contributed by atoms with Crippen LogP contribution in [0.1, 0.15) is 18.4 Å². The van der Waals surface area contributed by atoms with Crippen LogP contribution in [-0.4, -0.2) is 28.8 Å². The number of benzene rings is 2. The Morgan fingerprint density at radius 3 is 2.64 bits per heavy atom. The van der Waals surface area contributed by atoms with Gasteiger partial charge in [-0.25, -0.2) is 0 Å². The normalized spacial score (nSPS) is 16.5. The number of rotatable bonds is 4. The maximum absolute atomic E-state index is 13.3. The summed E-state index contributed by atoms with van der Waals surface area (Å²) in [5.74, 6) is -0.532. The van der Waals surface area contributed by atoms with Gasteiger partial charge in [-0.2, -0.15) is 17.9 Å². The first kappa shape index (κ1) is 22.8. The third kappa shape index (κ3) is 5.19. The third-order valence-corrected chi connectivity index (χ3v) is 5.68. The number of halogens is 4. The van der Waals surface area contributed by atoms with Gasteiger partial charge in [0.1, 0.15) is 5.82 Å². The lowest BCUT2D eigenvalue weighted by Crippen LogP contribution is -2.42. The molecule has 6 nitrogen and oxygen atoms in total. The van der Waals surface area contributed by atoms with Crippen molar-refractivity contribution in [3.8, 4) is 5.69 Å². The summed E-state index contributed by atoms with van der Waals surface area (Å²) in [6.45, 7) is 0.866. The zero-order valence-electron chi connectivity index (χ0n) is 17.3. The SMILES string of the molecule is O=C(Nc1ccccc1C(F)(F)F)[C@@H]1CCCN(c2ccc(=O)n(-c3cccc(Cl)c3)n2)C1. The number of hydrogen-bond donors (Lipinski definition) is 1. The first-order valence-electron chi connectivity index (χ1n) is 10.3. The molecule has 0 unspecified atom stereocenters. The molecular formula is C23H20ClF3N4O2. The number of nitrogens with one attached hydrogen (secondary N) is 1. The van der Waals surface area contributed by atoms with E-state index in [-0.39, 0.29) is 17.8 Å². The standard InChI is InChI=1S/C23H20ClF3N4O2/c24-16-6-3-7-17(13-16)31-21(32)11-10-20(29-31)30-12-4-5-15(14-30)22(33)28-19-9-2-1-8-18(19)23(25,26)27/h1-3,6-11,13,15H,4-5,12,14H2,(H,28,33)/t15-/m1/s1. The first-order chi connectivity index (χ1) is 15.7. The highest BCUT2D eigenvalue weighted by molar-refractivity contribution is 6.30. The zero-order chi connectivity index (χ0) is 23.6. The maximum atomic E-state index is 13.3. The first-order valence-corrected chi connectivity index (χ1v) is 10.7. The fourth-order valence-electron chi connectivity index (χ4n) is 3.84. The van der Waals surface area contributed by atoms with E-state index in [0.717, 1.165) is 6.07 Å². The van der Waals surface area contributed by atoms with Crippen LogP contribution < -0.4 is 15.8 Å². The number of amides is 1. The van der Waals surface area contributed by atoms with Crippen molar-refractivity contribution in [3.63, 3.8) is 0 Å². The molecule has 3 aromatic rings. The van der Waals surface area contributed by atoms with Gasteiger partial charge in [0.25, 0.3) is 5.56 Å². The molecule has 1 amide bonds. The molecule has 1 atom stereocenters. The van der Waals surface area contributed by atoms with E-state index >= 15 is 0 Å². The molecule has 4 rings (SSSR count). The van der Waals surface area contributed by atoms with Gasteiger partial charge in [-0.15, -0.1) is 5.10 Å². The smallest absolute Gasteiger partial charge is 0.354 e. The number of carbonyl (C=O) groups excluding carboxylic acids is 1. The van der Waals surface area contributed by atoms with Crippen LogP contribution in [0, 0.1) is 5.92 Å². The Morgan fingerprint density at radius 1 is 1.09 bits per heavy atom. The number of anilines is 2. The summed E-state index contributed by atoms with van der Waals surface area (Å²) in [7, 11) is 0. The molecule has 0 saturated carbocycles. The van der Waals surface area contributed by atoms with Crippen molar-refractivity contribution in [2.75, 3.05) is 23.3 Å². The fraction of sp³-hybridized carbons (Fsp3) is 0.261. The quantitative estimate of drug-likeness (QED) is 0.589. The molecule has 10 heteroatoms. The van der Waals surface area contributed by atoms with Gasteiger partial charge in [0.05, 0.1) is 22.9 Å². The summed E-state index contributed by atoms with van der Waals surface area (Å²) in [6.07, 6.45) is -3.39. The average Bonchev–Trinajstić information content (AvgIpc) is 2.79. The number of alkyl halides is 3. The van der Waals surface area contributed by atoms with Gasteiger partial charge < -0.3 is 10.2 Å². The van der Waals surface area contributed by atoms with Crippen LogP contribution >= 0.6 is 11.6 Å². The molecule has 0 radical (unpaired) electrons. The van der Waals surface area contributed by atoms with Gasteiger partial charge in [-0.3, -0.25) is 9.59 Å². The van der Waals surface area contributed by atoms with E-state index < -0.39 is 23.6 Å². The van der Waals surface area contributed by atoms with Crippen molar-refractivity contribution < 1.29 is 18.0 Å². The van der Waals surface area contributed by atoms with Crippen LogP contribution in [-0.2, 0) is 11.0 Å². The highest BCUT2D eigenvalue weighted by Gasteiger charge is 2.34. The monoisotopic (exact) mass is 476 g/mol. The number of para-hydroxylation sites is 1. The summed E-state index contributed by atoms with van der Waals surface area (Å²) in [5, 5.41) is 7.32. The summed E-state index contributed by atoms with van der Waals surface area (Å²) >= 11 is 6.03. The molecule has 0 spiro atoms. The van der Waals surface area contributed by atoms with Crippen LogP contribution in [0.25, 0.3) is 5.69 Å². The largest absolute Gasteiger partial charge is 0.418 e. The second-order valence-corrected chi connectivity index (χ2v) is 8.18. The number of piperidine rings is 1. The molecular weight excluding hydrogens is 457 g/mol. The van der Waals surface area contributed by atoms with E-state index in [1.807, 2.05) is 4.90 Å². The third-order valence-electron chi connectivity index (χ3n) is 5.45. The lowest BCUT2D eigenvalue weighted by Gasteiger charge is -2.33. The van der Waals surface area contributed by atoms with Crippen molar-refractivity contribution in [3.05, 3.63) is 81.6 Å². The minimum absolute atomic E-state index is 0.264. The molecule has 172 valence electrons. The summed E-state index contributed by atoms with van der Waals surface area (Å²) in [6, 6.07) is 14.6.